The Morgan fingerprint density at radius 2 is 2.00 bits per heavy atom. The highest BCUT2D eigenvalue weighted by Gasteiger charge is 2.18. The lowest BCUT2D eigenvalue weighted by Crippen LogP contribution is -2.13. The fourth-order valence-corrected chi connectivity index (χ4v) is 1.92. The summed E-state index contributed by atoms with van der Waals surface area (Å²) >= 11 is 5.02. The summed E-state index contributed by atoms with van der Waals surface area (Å²) in [6.07, 6.45) is 0.948. The fourth-order valence-electron chi connectivity index (χ4n) is 1.79. The van der Waals surface area contributed by atoms with Crippen LogP contribution in [0.3, 0.4) is 0 Å². The van der Waals surface area contributed by atoms with Crippen molar-refractivity contribution in [1.82, 2.24) is 0 Å². The minimum atomic E-state index is 0.224. The van der Waals surface area contributed by atoms with E-state index < -0.39 is 0 Å². The van der Waals surface area contributed by atoms with Gasteiger partial charge in [0.1, 0.15) is 10.6 Å². The second-order valence-electron chi connectivity index (χ2n) is 5.78. The Morgan fingerprint density at radius 3 is 2.63 bits per heavy atom. The van der Waals surface area contributed by atoms with Crippen LogP contribution in [-0.2, 0) is 0 Å². The Balaban J connectivity index is 2.29. The second-order valence-corrected chi connectivity index (χ2v) is 6.22. The molecule has 0 saturated carbocycles. The smallest absolute Gasteiger partial charge is 0.204 e. The topological polar surface area (TPSA) is 48.4 Å². The zero-order chi connectivity index (χ0) is 14.0. The molecule has 2 aromatic rings. The standard InChI is InChI=1S/C15H19NO2S/c1-15(2,3)8-9-17-12-10-6-4-5-7-11(10)18-13(12)14(16)19/h4-7H,8-9H2,1-3H3,(H2,16,19). The molecule has 0 atom stereocenters. The largest absolute Gasteiger partial charge is 0.489 e. The molecule has 1 aromatic heterocycles. The lowest BCUT2D eigenvalue weighted by atomic mass is 9.93. The molecule has 0 aliphatic carbocycles. The molecular weight excluding hydrogens is 258 g/mol. The van der Waals surface area contributed by atoms with E-state index in [1.54, 1.807) is 0 Å². The third-order valence-electron chi connectivity index (χ3n) is 2.87. The highest BCUT2D eigenvalue weighted by molar-refractivity contribution is 7.80. The van der Waals surface area contributed by atoms with E-state index in [1.165, 1.54) is 0 Å². The van der Waals surface area contributed by atoms with Crippen molar-refractivity contribution >= 4 is 28.2 Å². The van der Waals surface area contributed by atoms with Gasteiger partial charge in [-0.05, 0) is 24.0 Å². The molecule has 0 bridgehead atoms. The maximum atomic E-state index is 5.87. The van der Waals surface area contributed by atoms with Crippen LogP contribution in [0, 0.1) is 5.41 Å². The van der Waals surface area contributed by atoms with Gasteiger partial charge in [0.15, 0.2) is 5.75 Å². The maximum absolute atomic E-state index is 5.87. The summed E-state index contributed by atoms with van der Waals surface area (Å²) in [5.41, 5.74) is 6.67. The zero-order valence-corrected chi connectivity index (χ0v) is 12.3. The summed E-state index contributed by atoms with van der Waals surface area (Å²) in [7, 11) is 0. The van der Waals surface area contributed by atoms with Gasteiger partial charge in [0, 0.05) is 0 Å². The van der Waals surface area contributed by atoms with E-state index in [4.69, 9.17) is 27.1 Å². The Labute approximate surface area is 118 Å². The first-order valence-corrected chi connectivity index (χ1v) is 6.73. The van der Waals surface area contributed by atoms with Crippen LogP contribution >= 0.6 is 12.2 Å². The molecule has 0 spiro atoms. The quantitative estimate of drug-likeness (QED) is 0.862. The minimum absolute atomic E-state index is 0.224. The van der Waals surface area contributed by atoms with E-state index >= 15 is 0 Å². The molecule has 3 nitrogen and oxygen atoms in total. The number of hydrogen-bond donors (Lipinski definition) is 1. The highest BCUT2D eigenvalue weighted by Crippen LogP contribution is 2.33. The van der Waals surface area contributed by atoms with Crippen molar-refractivity contribution < 1.29 is 9.15 Å². The molecule has 0 unspecified atom stereocenters. The number of rotatable bonds is 4. The summed E-state index contributed by atoms with van der Waals surface area (Å²) in [6, 6.07) is 7.69. The fraction of sp³-hybridized carbons (Fsp3) is 0.400. The van der Waals surface area contributed by atoms with Crippen LogP contribution in [0.15, 0.2) is 28.7 Å². The Hall–Kier alpha value is -1.55. The van der Waals surface area contributed by atoms with Crippen LogP contribution in [0.4, 0.5) is 0 Å². The summed E-state index contributed by atoms with van der Waals surface area (Å²) in [5.74, 6) is 1.12. The minimum Gasteiger partial charge on any atom is -0.489 e. The molecule has 1 aromatic carbocycles. The van der Waals surface area contributed by atoms with Crippen LogP contribution in [0.2, 0.25) is 0 Å². The molecule has 4 heteroatoms. The Kier molecular flexibility index (Phi) is 3.80. The van der Waals surface area contributed by atoms with Crippen LogP contribution in [0.5, 0.6) is 5.75 Å². The number of ether oxygens (including phenoxy) is 1. The molecule has 0 fully saturated rings. The molecule has 2 rings (SSSR count). The van der Waals surface area contributed by atoms with Gasteiger partial charge in [-0.3, -0.25) is 0 Å². The van der Waals surface area contributed by atoms with Crippen LogP contribution in [0.1, 0.15) is 33.0 Å². The second kappa shape index (κ2) is 5.21. The zero-order valence-electron chi connectivity index (χ0n) is 11.5. The highest BCUT2D eigenvalue weighted by atomic mass is 32.1. The summed E-state index contributed by atoms with van der Waals surface area (Å²) in [6.45, 7) is 7.15. The Morgan fingerprint density at radius 1 is 1.32 bits per heavy atom. The lowest BCUT2D eigenvalue weighted by Gasteiger charge is -2.18. The number of fused-ring (bicyclic) bond motifs is 1. The third kappa shape index (κ3) is 3.26. The first kappa shape index (κ1) is 13.9. The van der Waals surface area contributed by atoms with E-state index in [9.17, 15) is 0 Å². The van der Waals surface area contributed by atoms with E-state index in [2.05, 4.69) is 20.8 Å². The number of hydrogen-bond acceptors (Lipinski definition) is 3. The van der Waals surface area contributed by atoms with Gasteiger partial charge >= 0.3 is 0 Å². The monoisotopic (exact) mass is 277 g/mol. The first-order valence-electron chi connectivity index (χ1n) is 6.32. The Bertz CT molecular complexity index is 596. The predicted molar refractivity (Wildman–Crippen MR) is 81.7 cm³/mol. The average Bonchev–Trinajstić information content (AvgIpc) is 2.67. The lowest BCUT2D eigenvalue weighted by molar-refractivity contribution is 0.242. The molecule has 19 heavy (non-hydrogen) atoms. The van der Waals surface area contributed by atoms with Crippen molar-refractivity contribution in [2.45, 2.75) is 27.2 Å². The van der Waals surface area contributed by atoms with Crippen molar-refractivity contribution in [3.05, 3.63) is 30.0 Å². The first-order chi connectivity index (χ1) is 8.88. The van der Waals surface area contributed by atoms with E-state index in [-0.39, 0.29) is 10.4 Å². The van der Waals surface area contributed by atoms with Gasteiger partial charge < -0.3 is 14.9 Å². The van der Waals surface area contributed by atoms with Gasteiger partial charge in [0.2, 0.25) is 5.76 Å². The number of benzene rings is 1. The van der Waals surface area contributed by atoms with Crippen molar-refractivity contribution in [3.8, 4) is 5.75 Å². The molecular formula is C15H19NO2S. The molecule has 0 aliphatic rings. The molecule has 102 valence electrons. The van der Waals surface area contributed by atoms with E-state index in [0.717, 1.165) is 17.4 Å². The van der Waals surface area contributed by atoms with Crippen molar-refractivity contribution in [2.24, 2.45) is 11.1 Å². The molecule has 2 N–H and O–H groups in total. The van der Waals surface area contributed by atoms with Gasteiger partial charge in [0.05, 0.1) is 12.0 Å². The van der Waals surface area contributed by atoms with Gasteiger partial charge in [-0.2, -0.15) is 0 Å². The van der Waals surface area contributed by atoms with Gasteiger partial charge in [0.25, 0.3) is 0 Å². The van der Waals surface area contributed by atoms with E-state index in [1.807, 2.05) is 24.3 Å². The van der Waals surface area contributed by atoms with Crippen LogP contribution < -0.4 is 10.5 Å². The number of nitrogens with two attached hydrogens (primary N) is 1. The van der Waals surface area contributed by atoms with E-state index in [0.29, 0.717) is 18.1 Å². The number of para-hydroxylation sites is 1. The molecule has 0 amide bonds. The normalized spacial score (nSPS) is 11.7. The molecule has 1 heterocycles. The van der Waals surface area contributed by atoms with Crippen molar-refractivity contribution in [2.75, 3.05) is 6.61 Å². The van der Waals surface area contributed by atoms with Crippen LogP contribution in [-0.4, -0.2) is 11.6 Å². The average molecular weight is 277 g/mol. The summed E-state index contributed by atoms with van der Waals surface area (Å²) in [4.78, 5) is 0.224. The van der Waals surface area contributed by atoms with Gasteiger partial charge in [-0.25, -0.2) is 0 Å². The molecule has 0 saturated heterocycles. The van der Waals surface area contributed by atoms with Crippen molar-refractivity contribution in [1.29, 1.82) is 0 Å². The summed E-state index contributed by atoms with van der Waals surface area (Å²) in [5, 5.41) is 0.916. The predicted octanol–water partition coefficient (Wildman–Crippen LogP) is 3.88. The molecule has 0 radical (unpaired) electrons. The molecule has 0 aliphatic heterocycles. The SMILES string of the molecule is CC(C)(C)CCOc1c(C(N)=S)oc2ccccc12. The number of thiocarbonyl (C=S) groups is 1. The van der Waals surface area contributed by atoms with Crippen LogP contribution in [0.25, 0.3) is 11.0 Å². The summed E-state index contributed by atoms with van der Waals surface area (Å²) < 4.78 is 11.5. The third-order valence-corrected chi connectivity index (χ3v) is 3.06. The maximum Gasteiger partial charge on any atom is 0.204 e. The van der Waals surface area contributed by atoms with Crippen molar-refractivity contribution in [3.63, 3.8) is 0 Å². The van der Waals surface area contributed by atoms with Gasteiger partial charge in [-0.15, -0.1) is 0 Å². The number of furan rings is 1. The van der Waals surface area contributed by atoms with Gasteiger partial charge in [-0.1, -0.05) is 45.1 Å².